The van der Waals surface area contributed by atoms with Gasteiger partial charge in [-0.25, -0.2) is 0 Å². The summed E-state index contributed by atoms with van der Waals surface area (Å²) in [4.78, 5) is 28.6. The van der Waals surface area contributed by atoms with Crippen LogP contribution in [0.25, 0.3) is 0 Å². The molecule has 0 bridgehead atoms. The summed E-state index contributed by atoms with van der Waals surface area (Å²) in [7, 11) is 3.38. The average molecular weight is 357 g/mol. The molecule has 1 saturated heterocycles. The van der Waals surface area contributed by atoms with Crippen molar-refractivity contribution in [2.45, 2.75) is 13.0 Å². The molecular weight excluding hydrogens is 334 g/mol. The topological polar surface area (TPSA) is 79.7 Å². The van der Waals surface area contributed by atoms with Crippen molar-refractivity contribution >= 4 is 23.3 Å². The van der Waals surface area contributed by atoms with Crippen molar-refractivity contribution < 1.29 is 14.3 Å². The molecule has 8 nitrogen and oxygen atoms in total. The van der Waals surface area contributed by atoms with Crippen LogP contribution in [0.3, 0.4) is 0 Å². The molecule has 1 aromatic heterocycles. The summed E-state index contributed by atoms with van der Waals surface area (Å²) in [5, 5.41) is 6.87. The average Bonchev–Trinajstić information content (AvgIpc) is 3.04. The van der Waals surface area contributed by atoms with Gasteiger partial charge in [-0.1, -0.05) is 6.07 Å². The van der Waals surface area contributed by atoms with E-state index in [-0.39, 0.29) is 24.4 Å². The summed E-state index contributed by atoms with van der Waals surface area (Å²) >= 11 is 0. The lowest BCUT2D eigenvalue weighted by Crippen LogP contribution is -2.57. The van der Waals surface area contributed by atoms with Crippen LogP contribution in [0.5, 0.6) is 5.75 Å². The number of amides is 2. The Morgan fingerprint density at radius 1 is 1.35 bits per heavy atom. The fourth-order valence-corrected chi connectivity index (χ4v) is 3.01. The van der Waals surface area contributed by atoms with Gasteiger partial charge >= 0.3 is 0 Å². The van der Waals surface area contributed by atoms with Crippen LogP contribution in [0.1, 0.15) is 6.92 Å². The van der Waals surface area contributed by atoms with Crippen molar-refractivity contribution in [3.05, 3.63) is 36.5 Å². The predicted octanol–water partition coefficient (Wildman–Crippen LogP) is 1.10. The fraction of sp³-hybridized carbons (Fsp3) is 0.389. The zero-order valence-electron chi connectivity index (χ0n) is 15.2. The third kappa shape index (κ3) is 3.85. The first-order valence-corrected chi connectivity index (χ1v) is 8.47. The highest BCUT2D eigenvalue weighted by Gasteiger charge is 2.33. The molecule has 1 fully saturated rings. The maximum atomic E-state index is 12.8. The molecule has 2 aromatic rings. The van der Waals surface area contributed by atoms with E-state index in [4.69, 9.17) is 4.74 Å². The van der Waals surface area contributed by atoms with E-state index in [9.17, 15) is 9.59 Å². The van der Waals surface area contributed by atoms with E-state index in [0.717, 1.165) is 5.69 Å². The molecule has 2 heterocycles. The first-order valence-electron chi connectivity index (χ1n) is 8.47. The van der Waals surface area contributed by atoms with Crippen molar-refractivity contribution in [3.8, 4) is 5.75 Å². The highest BCUT2D eigenvalue weighted by Crippen LogP contribution is 2.24. The number of methoxy groups -OCH3 is 1. The standard InChI is InChI=1S/C18H23N5O3/c1-13-18(25)23(14-5-4-6-15(11-14)26-3)10-9-22(13)12-17(24)19-16-7-8-21(2)20-16/h4-8,11,13H,9-10,12H2,1-3H3,(H,19,20,24). The van der Waals surface area contributed by atoms with Crippen molar-refractivity contribution in [1.29, 1.82) is 0 Å². The number of anilines is 2. The number of aryl methyl sites for hydroxylation is 1. The number of hydrogen-bond acceptors (Lipinski definition) is 5. The molecule has 0 radical (unpaired) electrons. The highest BCUT2D eigenvalue weighted by atomic mass is 16.5. The van der Waals surface area contributed by atoms with Crippen LogP contribution >= 0.6 is 0 Å². The molecule has 138 valence electrons. The largest absolute Gasteiger partial charge is 0.497 e. The molecule has 1 aliphatic rings. The van der Waals surface area contributed by atoms with Crippen LogP contribution in [-0.4, -0.2) is 59.3 Å². The van der Waals surface area contributed by atoms with Crippen LogP contribution in [0.2, 0.25) is 0 Å². The van der Waals surface area contributed by atoms with E-state index in [0.29, 0.717) is 24.7 Å². The van der Waals surface area contributed by atoms with E-state index < -0.39 is 0 Å². The van der Waals surface area contributed by atoms with Crippen molar-refractivity contribution in [2.24, 2.45) is 7.05 Å². The van der Waals surface area contributed by atoms with Crippen molar-refractivity contribution in [1.82, 2.24) is 14.7 Å². The van der Waals surface area contributed by atoms with E-state index in [1.807, 2.05) is 36.1 Å². The van der Waals surface area contributed by atoms with Crippen molar-refractivity contribution in [2.75, 3.05) is 37.0 Å². The first-order chi connectivity index (χ1) is 12.5. The lowest BCUT2D eigenvalue weighted by Gasteiger charge is -2.38. The molecule has 1 atom stereocenters. The number of hydrogen-bond donors (Lipinski definition) is 1. The van der Waals surface area contributed by atoms with Gasteiger partial charge in [-0.05, 0) is 19.1 Å². The summed E-state index contributed by atoms with van der Waals surface area (Å²) in [5.41, 5.74) is 0.804. The molecule has 0 aliphatic carbocycles. The minimum atomic E-state index is -0.385. The zero-order chi connectivity index (χ0) is 18.7. The molecule has 8 heteroatoms. The molecule has 3 rings (SSSR count). The summed E-state index contributed by atoms with van der Waals surface area (Å²) in [6, 6.07) is 8.77. The predicted molar refractivity (Wildman–Crippen MR) is 98.2 cm³/mol. The Kier molecular flexibility index (Phi) is 5.22. The first kappa shape index (κ1) is 17.9. The second kappa shape index (κ2) is 7.57. The number of carbonyl (C=O) groups is 2. The normalized spacial score (nSPS) is 18.0. The molecule has 1 aromatic carbocycles. The smallest absolute Gasteiger partial charge is 0.244 e. The molecule has 1 N–H and O–H groups in total. The molecule has 26 heavy (non-hydrogen) atoms. The number of piperazine rings is 1. The lowest BCUT2D eigenvalue weighted by molar-refractivity contribution is -0.127. The van der Waals surface area contributed by atoms with Gasteiger partial charge in [0.2, 0.25) is 11.8 Å². The number of carbonyl (C=O) groups excluding carboxylic acids is 2. The molecule has 2 amide bonds. The molecule has 0 saturated carbocycles. The summed E-state index contributed by atoms with van der Waals surface area (Å²) < 4.78 is 6.85. The van der Waals surface area contributed by atoms with E-state index in [2.05, 4.69) is 10.4 Å². The zero-order valence-corrected chi connectivity index (χ0v) is 15.2. The van der Waals surface area contributed by atoms with Gasteiger partial charge in [-0.3, -0.25) is 19.2 Å². The Morgan fingerprint density at radius 2 is 2.15 bits per heavy atom. The van der Waals surface area contributed by atoms with Gasteiger partial charge in [0.25, 0.3) is 0 Å². The van der Waals surface area contributed by atoms with Crippen molar-refractivity contribution in [3.63, 3.8) is 0 Å². The van der Waals surface area contributed by atoms with Crippen LogP contribution in [-0.2, 0) is 16.6 Å². The fourth-order valence-electron chi connectivity index (χ4n) is 3.01. The minimum absolute atomic E-state index is 0.0323. The Labute approximate surface area is 152 Å². The summed E-state index contributed by atoms with van der Waals surface area (Å²) in [6.45, 7) is 3.10. The van der Waals surface area contributed by atoms with E-state index in [1.165, 1.54) is 0 Å². The Morgan fingerprint density at radius 3 is 2.85 bits per heavy atom. The van der Waals surface area contributed by atoms with Gasteiger partial charge < -0.3 is 15.0 Å². The molecule has 1 unspecified atom stereocenters. The summed E-state index contributed by atoms with van der Waals surface area (Å²) in [6.07, 6.45) is 1.76. The number of rotatable bonds is 5. The number of ether oxygens (including phenoxy) is 1. The van der Waals surface area contributed by atoms with Gasteiger partial charge in [-0.15, -0.1) is 0 Å². The maximum absolute atomic E-state index is 12.8. The monoisotopic (exact) mass is 357 g/mol. The highest BCUT2D eigenvalue weighted by molar-refractivity contribution is 5.99. The van der Waals surface area contributed by atoms with Crippen LogP contribution in [0.15, 0.2) is 36.5 Å². The Bertz CT molecular complexity index is 804. The van der Waals surface area contributed by atoms with Crippen LogP contribution < -0.4 is 15.0 Å². The van der Waals surface area contributed by atoms with Gasteiger partial charge in [0.15, 0.2) is 5.82 Å². The number of nitrogens with zero attached hydrogens (tertiary/aromatic N) is 4. The number of aromatic nitrogens is 2. The maximum Gasteiger partial charge on any atom is 0.244 e. The van der Waals surface area contributed by atoms with Crippen LogP contribution in [0.4, 0.5) is 11.5 Å². The molecular formula is C18H23N5O3. The Hall–Kier alpha value is -2.87. The lowest BCUT2D eigenvalue weighted by atomic mass is 10.1. The van der Waals surface area contributed by atoms with Gasteiger partial charge in [-0.2, -0.15) is 5.10 Å². The third-order valence-corrected chi connectivity index (χ3v) is 4.47. The number of benzene rings is 1. The van der Waals surface area contributed by atoms with Crippen LogP contribution in [0, 0.1) is 0 Å². The van der Waals surface area contributed by atoms with E-state index >= 15 is 0 Å². The summed E-state index contributed by atoms with van der Waals surface area (Å²) in [5.74, 6) is 1.000. The van der Waals surface area contributed by atoms with Gasteiger partial charge in [0.1, 0.15) is 5.75 Å². The molecule has 0 spiro atoms. The SMILES string of the molecule is COc1cccc(N2CCN(CC(=O)Nc3ccn(C)n3)C(C)C2=O)c1. The van der Waals surface area contributed by atoms with Gasteiger partial charge in [0, 0.05) is 44.2 Å². The van der Waals surface area contributed by atoms with Gasteiger partial charge in [0.05, 0.1) is 19.7 Å². The third-order valence-electron chi connectivity index (χ3n) is 4.47. The van der Waals surface area contributed by atoms with E-state index in [1.54, 1.807) is 36.0 Å². The second-order valence-corrected chi connectivity index (χ2v) is 6.26. The second-order valence-electron chi connectivity index (χ2n) is 6.26. The number of nitrogens with one attached hydrogen (secondary N) is 1. The minimum Gasteiger partial charge on any atom is -0.497 e. The quantitative estimate of drug-likeness (QED) is 0.867. The Balaban J connectivity index is 1.62. The molecule has 1 aliphatic heterocycles.